The van der Waals surface area contributed by atoms with Crippen LogP contribution < -0.4 is 5.32 Å². The van der Waals surface area contributed by atoms with Gasteiger partial charge in [-0.25, -0.2) is 4.79 Å². The molecule has 1 rings (SSSR count). The largest absolute Gasteiger partial charge is 0.441 e. The van der Waals surface area contributed by atoms with Gasteiger partial charge in [-0.1, -0.05) is 30.9 Å². The van der Waals surface area contributed by atoms with Gasteiger partial charge in [0.2, 0.25) is 0 Å². The number of rotatable bonds is 3. The molecule has 3 heteroatoms. The van der Waals surface area contributed by atoms with Crippen LogP contribution in [0.15, 0.2) is 36.5 Å². The zero-order chi connectivity index (χ0) is 11.3. The molecule has 1 saturated heterocycles. The van der Waals surface area contributed by atoms with Gasteiger partial charge >= 0.3 is 6.09 Å². The lowest BCUT2D eigenvalue weighted by atomic mass is 10.0. The van der Waals surface area contributed by atoms with E-state index >= 15 is 0 Å². The maximum atomic E-state index is 11.2. The zero-order valence-corrected chi connectivity index (χ0v) is 9.19. The predicted octanol–water partition coefficient (Wildman–Crippen LogP) is 2.56. The van der Waals surface area contributed by atoms with Gasteiger partial charge in [0, 0.05) is 12.5 Å². The van der Waals surface area contributed by atoms with Crippen LogP contribution in [0.3, 0.4) is 0 Å². The molecule has 1 N–H and O–H groups in total. The molecular formula is C12H17NO2. The minimum Gasteiger partial charge on any atom is -0.441 e. The number of allylic oxidation sites excluding steroid dienone is 3. The fourth-order valence-corrected chi connectivity index (χ4v) is 1.51. The highest BCUT2D eigenvalue weighted by Crippen LogP contribution is 2.18. The van der Waals surface area contributed by atoms with Gasteiger partial charge in [0.15, 0.2) is 0 Å². The van der Waals surface area contributed by atoms with Gasteiger partial charge in [-0.2, -0.15) is 0 Å². The summed E-state index contributed by atoms with van der Waals surface area (Å²) in [5.74, 6) is 0. The van der Waals surface area contributed by atoms with E-state index in [4.69, 9.17) is 4.74 Å². The molecule has 1 aliphatic heterocycles. The van der Waals surface area contributed by atoms with Crippen LogP contribution >= 0.6 is 0 Å². The van der Waals surface area contributed by atoms with E-state index in [-0.39, 0.29) is 18.2 Å². The van der Waals surface area contributed by atoms with E-state index in [9.17, 15) is 4.79 Å². The fourth-order valence-electron chi connectivity index (χ4n) is 1.51. The van der Waals surface area contributed by atoms with Gasteiger partial charge in [0.05, 0.1) is 0 Å². The molecule has 1 fully saturated rings. The number of cyclic esters (lactones) is 1. The van der Waals surface area contributed by atoms with Crippen molar-refractivity contribution in [2.75, 3.05) is 0 Å². The highest BCUT2D eigenvalue weighted by atomic mass is 16.6. The van der Waals surface area contributed by atoms with Crippen LogP contribution in [0.4, 0.5) is 4.79 Å². The molecule has 2 unspecified atom stereocenters. The Morgan fingerprint density at radius 1 is 1.67 bits per heavy atom. The molecule has 0 spiro atoms. The van der Waals surface area contributed by atoms with Crippen LogP contribution in [0.25, 0.3) is 0 Å². The molecule has 0 bridgehead atoms. The minimum atomic E-state index is -0.355. The summed E-state index contributed by atoms with van der Waals surface area (Å²) in [5.41, 5.74) is 0.940. The van der Waals surface area contributed by atoms with E-state index in [0.29, 0.717) is 0 Å². The van der Waals surface area contributed by atoms with E-state index in [1.165, 1.54) is 0 Å². The molecule has 2 atom stereocenters. The summed E-state index contributed by atoms with van der Waals surface area (Å²) >= 11 is 0. The summed E-state index contributed by atoms with van der Waals surface area (Å²) in [4.78, 5) is 11.2. The topological polar surface area (TPSA) is 38.3 Å². The van der Waals surface area contributed by atoms with Gasteiger partial charge < -0.3 is 10.1 Å². The third-order valence-corrected chi connectivity index (χ3v) is 2.27. The normalized spacial score (nSPS) is 27.3. The minimum absolute atomic E-state index is 0.144. The third-order valence-electron chi connectivity index (χ3n) is 2.27. The number of ether oxygens (including phenoxy) is 1. The van der Waals surface area contributed by atoms with Crippen molar-refractivity contribution in [3.8, 4) is 0 Å². The van der Waals surface area contributed by atoms with Crippen LogP contribution in [0.5, 0.6) is 0 Å². The molecule has 3 nitrogen and oxygen atoms in total. The Morgan fingerprint density at radius 2 is 2.40 bits per heavy atom. The first-order valence-corrected chi connectivity index (χ1v) is 5.09. The summed E-state index contributed by atoms with van der Waals surface area (Å²) in [6.07, 6.45) is 7.74. The second kappa shape index (κ2) is 5.39. The van der Waals surface area contributed by atoms with Crippen LogP contribution in [0.2, 0.25) is 0 Å². The highest BCUT2D eigenvalue weighted by molar-refractivity contribution is 5.69. The molecular weight excluding hydrogens is 190 g/mol. The monoisotopic (exact) mass is 207 g/mol. The zero-order valence-electron chi connectivity index (χ0n) is 9.19. The molecule has 0 aromatic heterocycles. The Morgan fingerprint density at radius 3 is 2.93 bits per heavy atom. The number of hydrogen-bond acceptors (Lipinski definition) is 2. The number of hydrogen-bond donors (Lipinski definition) is 1. The maximum Gasteiger partial charge on any atom is 0.407 e. The van der Waals surface area contributed by atoms with Crippen molar-refractivity contribution >= 4 is 6.09 Å². The van der Waals surface area contributed by atoms with Crippen LogP contribution in [-0.2, 0) is 4.74 Å². The molecule has 0 radical (unpaired) electrons. The average Bonchev–Trinajstić information content (AvgIpc) is 2.17. The van der Waals surface area contributed by atoms with Crippen molar-refractivity contribution in [2.24, 2.45) is 0 Å². The summed E-state index contributed by atoms with van der Waals surface area (Å²) in [6.45, 7) is 7.63. The number of amides is 1. The standard InChI is InChI=1S/C12H17NO2/c1-4-6-7-10(5-2)11-8-9(3)13-12(14)15-11/h4-7,9,11H,2,8H2,1,3H3,(H,13,14)/b6-4-,10-7+. The molecule has 0 saturated carbocycles. The smallest absolute Gasteiger partial charge is 0.407 e. The lowest BCUT2D eigenvalue weighted by molar-refractivity contribution is 0.0812. The Bertz CT molecular complexity index is 305. The summed E-state index contributed by atoms with van der Waals surface area (Å²) < 4.78 is 5.18. The molecule has 0 aliphatic carbocycles. The van der Waals surface area contributed by atoms with Crippen molar-refractivity contribution in [1.82, 2.24) is 5.32 Å². The van der Waals surface area contributed by atoms with Crippen LogP contribution in [0.1, 0.15) is 20.3 Å². The summed E-state index contributed by atoms with van der Waals surface area (Å²) in [5, 5.41) is 2.70. The Balaban J connectivity index is 2.75. The first-order valence-electron chi connectivity index (χ1n) is 5.09. The SMILES string of the molecule is C=C/C(=C\C=C/C)C1CC(C)NC(=O)O1. The average molecular weight is 207 g/mol. The Labute approximate surface area is 90.5 Å². The Hall–Kier alpha value is -1.51. The number of carbonyl (C=O) groups excluding carboxylic acids is 1. The number of alkyl carbamates (subject to hydrolysis) is 1. The number of nitrogens with one attached hydrogen (secondary N) is 1. The predicted molar refractivity (Wildman–Crippen MR) is 60.6 cm³/mol. The third kappa shape index (κ3) is 3.27. The molecule has 0 aromatic carbocycles. The van der Waals surface area contributed by atoms with Crippen molar-refractivity contribution in [2.45, 2.75) is 32.4 Å². The fraction of sp³-hybridized carbons (Fsp3) is 0.417. The highest BCUT2D eigenvalue weighted by Gasteiger charge is 2.26. The molecule has 1 aliphatic rings. The lowest BCUT2D eigenvalue weighted by Crippen LogP contribution is -2.44. The lowest BCUT2D eigenvalue weighted by Gasteiger charge is -2.28. The first kappa shape index (κ1) is 11.6. The van der Waals surface area contributed by atoms with Crippen molar-refractivity contribution in [3.05, 3.63) is 36.5 Å². The van der Waals surface area contributed by atoms with Gasteiger partial charge in [0.1, 0.15) is 6.10 Å². The van der Waals surface area contributed by atoms with Gasteiger partial charge in [0.25, 0.3) is 0 Å². The maximum absolute atomic E-state index is 11.2. The molecule has 1 amide bonds. The second-order valence-corrected chi connectivity index (χ2v) is 3.57. The van der Waals surface area contributed by atoms with E-state index in [1.807, 2.05) is 32.1 Å². The van der Waals surface area contributed by atoms with Crippen molar-refractivity contribution in [1.29, 1.82) is 0 Å². The van der Waals surface area contributed by atoms with Gasteiger partial charge in [-0.3, -0.25) is 0 Å². The first-order chi connectivity index (χ1) is 7.17. The van der Waals surface area contributed by atoms with E-state index in [1.54, 1.807) is 6.08 Å². The van der Waals surface area contributed by atoms with Crippen molar-refractivity contribution < 1.29 is 9.53 Å². The molecule has 0 aromatic rings. The van der Waals surface area contributed by atoms with Gasteiger partial charge in [-0.05, 0) is 19.4 Å². The van der Waals surface area contributed by atoms with Gasteiger partial charge in [-0.15, -0.1) is 0 Å². The van der Waals surface area contributed by atoms with E-state index < -0.39 is 0 Å². The molecule has 82 valence electrons. The molecule has 15 heavy (non-hydrogen) atoms. The molecule has 1 heterocycles. The quantitative estimate of drug-likeness (QED) is 0.722. The number of carbonyl (C=O) groups is 1. The van der Waals surface area contributed by atoms with Crippen molar-refractivity contribution in [3.63, 3.8) is 0 Å². The summed E-state index contributed by atoms with van der Waals surface area (Å²) in [6, 6.07) is 0.144. The van der Waals surface area contributed by atoms with Crippen LogP contribution in [-0.4, -0.2) is 18.2 Å². The Kier molecular flexibility index (Phi) is 4.16. The van der Waals surface area contributed by atoms with E-state index in [2.05, 4.69) is 11.9 Å². The van der Waals surface area contributed by atoms with E-state index in [0.717, 1.165) is 12.0 Å². The van der Waals surface area contributed by atoms with Crippen LogP contribution in [0, 0.1) is 0 Å². The second-order valence-electron chi connectivity index (χ2n) is 3.57. The summed E-state index contributed by atoms with van der Waals surface area (Å²) in [7, 11) is 0.